The topological polar surface area (TPSA) is 15.3 Å². The van der Waals surface area contributed by atoms with Gasteiger partial charge in [0.05, 0.1) is 0 Å². The van der Waals surface area contributed by atoms with Crippen LogP contribution in [0.5, 0.6) is 0 Å². The van der Waals surface area contributed by atoms with Crippen LogP contribution in [0.2, 0.25) is 0 Å². The molecular weight excluding hydrogens is 172 g/mol. The minimum atomic E-state index is 0.617. The summed E-state index contributed by atoms with van der Waals surface area (Å²) < 4.78 is 0. The van der Waals surface area contributed by atoms with Crippen molar-refractivity contribution in [2.24, 2.45) is 5.92 Å². The van der Waals surface area contributed by atoms with Crippen molar-refractivity contribution in [2.75, 3.05) is 20.1 Å². The fourth-order valence-corrected chi connectivity index (χ4v) is 1.97. The molecule has 0 aliphatic heterocycles. The first-order valence-corrected chi connectivity index (χ1v) is 6.03. The summed E-state index contributed by atoms with van der Waals surface area (Å²) in [6.07, 6.45) is 4.27. The van der Waals surface area contributed by atoms with Crippen LogP contribution < -0.4 is 5.32 Å². The highest BCUT2D eigenvalue weighted by molar-refractivity contribution is 4.79. The summed E-state index contributed by atoms with van der Waals surface area (Å²) >= 11 is 0. The molecule has 2 heteroatoms. The second-order valence-electron chi connectivity index (χ2n) is 5.19. The molecule has 84 valence electrons. The third-order valence-corrected chi connectivity index (χ3v) is 3.17. The molecule has 0 saturated heterocycles. The van der Waals surface area contributed by atoms with Gasteiger partial charge in [0.1, 0.15) is 0 Å². The Kier molecular flexibility index (Phi) is 4.90. The highest BCUT2D eigenvalue weighted by atomic mass is 15.1. The van der Waals surface area contributed by atoms with Crippen molar-refractivity contribution in [1.29, 1.82) is 0 Å². The monoisotopic (exact) mass is 198 g/mol. The van der Waals surface area contributed by atoms with Gasteiger partial charge < -0.3 is 10.2 Å². The summed E-state index contributed by atoms with van der Waals surface area (Å²) in [4.78, 5) is 2.54. The summed E-state index contributed by atoms with van der Waals surface area (Å²) in [5.74, 6) is 0.767. The van der Waals surface area contributed by atoms with Gasteiger partial charge in [-0.15, -0.1) is 0 Å². The molecule has 0 bridgehead atoms. The highest BCUT2D eigenvalue weighted by Crippen LogP contribution is 2.23. The number of nitrogens with zero attached hydrogens (tertiary/aromatic N) is 1. The summed E-state index contributed by atoms with van der Waals surface area (Å²) in [5, 5.41) is 3.50. The first-order chi connectivity index (χ1) is 6.59. The molecule has 0 aromatic rings. The van der Waals surface area contributed by atoms with Crippen molar-refractivity contribution in [1.82, 2.24) is 10.2 Å². The Bertz CT molecular complexity index is 152. The van der Waals surface area contributed by atoms with Crippen LogP contribution in [0.1, 0.15) is 40.0 Å². The maximum absolute atomic E-state index is 3.50. The summed E-state index contributed by atoms with van der Waals surface area (Å²) in [6, 6.07) is 1.50. The molecule has 2 nitrogen and oxygen atoms in total. The molecule has 1 rings (SSSR count). The van der Waals surface area contributed by atoms with Crippen LogP contribution in [0, 0.1) is 5.92 Å². The van der Waals surface area contributed by atoms with E-state index in [1.54, 1.807) is 0 Å². The summed E-state index contributed by atoms with van der Waals surface area (Å²) in [7, 11) is 2.27. The van der Waals surface area contributed by atoms with Gasteiger partial charge in [-0.3, -0.25) is 0 Å². The van der Waals surface area contributed by atoms with E-state index in [0.29, 0.717) is 6.04 Å². The lowest BCUT2D eigenvalue weighted by atomic mass is 9.91. The van der Waals surface area contributed by atoms with Crippen LogP contribution in [0.3, 0.4) is 0 Å². The van der Waals surface area contributed by atoms with Gasteiger partial charge in [-0.2, -0.15) is 0 Å². The lowest BCUT2D eigenvalue weighted by Gasteiger charge is -2.36. The number of hydrogen-bond acceptors (Lipinski definition) is 2. The van der Waals surface area contributed by atoms with Crippen LogP contribution in [-0.4, -0.2) is 37.1 Å². The van der Waals surface area contributed by atoms with Gasteiger partial charge in [-0.25, -0.2) is 0 Å². The van der Waals surface area contributed by atoms with Crippen molar-refractivity contribution < 1.29 is 0 Å². The molecular formula is C12H26N2. The molecule has 0 amide bonds. The zero-order chi connectivity index (χ0) is 10.6. The van der Waals surface area contributed by atoms with Crippen molar-refractivity contribution in [3.05, 3.63) is 0 Å². The van der Waals surface area contributed by atoms with E-state index >= 15 is 0 Å². The van der Waals surface area contributed by atoms with E-state index in [0.717, 1.165) is 18.5 Å². The molecule has 0 aromatic carbocycles. The molecule has 1 fully saturated rings. The lowest BCUT2D eigenvalue weighted by molar-refractivity contribution is 0.140. The summed E-state index contributed by atoms with van der Waals surface area (Å²) in [6.45, 7) is 9.15. The fourth-order valence-electron chi connectivity index (χ4n) is 1.97. The minimum absolute atomic E-state index is 0.617. The van der Waals surface area contributed by atoms with E-state index in [4.69, 9.17) is 0 Å². The third kappa shape index (κ3) is 3.97. The number of nitrogens with one attached hydrogen (secondary N) is 1. The average molecular weight is 198 g/mol. The standard InChI is InChI=1S/C12H26N2/c1-10(2)13-8-11(3)9-14(4)12-6-5-7-12/h10-13H,5-9H2,1-4H3. The molecule has 0 aromatic heterocycles. The molecule has 1 aliphatic rings. The van der Waals surface area contributed by atoms with Crippen LogP contribution in [-0.2, 0) is 0 Å². The van der Waals surface area contributed by atoms with Crippen LogP contribution in [0.4, 0.5) is 0 Å². The van der Waals surface area contributed by atoms with Gasteiger partial charge >= 0.3 is 0 Å². The van der Waals surface area contributed by atoms with E-state index < -0.39 is 0 Å². The molecule has 1 aliphatic carbocycles. The van der Waals surface area contributed by atoms with Gasteiger partial charge in [-0.1, -0.05) is 27.2 Å². The Hall–Kier alpha value is -0.0800. The van der Waals surface area contributed by atoms with Gasteiger partial charge in [0.2, 0.25) is 0 Å². The molecule has 0 radical (unpaired) electrons. The molecule has 1 atom stereocenters. The minimum Gasteiger partial charge on any atom is -0.314 e. The Balaban J connectivity index is 2.08. The lowest BCUT2D eigenvalue weighted by Crippen LogP contribution is -2.41. The first-order valence-electron chi connectivity index (χ1n) is 6.03. The fraction of sp³-hybridized carbons (Fsp3) is 1.00. The smallest absolute Gasteiger partial charge is 0.00923 e. The molecule has 0 spiro atoms. The van der Waals surface area contributed by atoms with Crippen molar-refractivity contribution in [3.8, 4) is 0 Å². The van der Waals surface area contributed by atoms with Crippen LogP contribution in [0.25, 0.3) is 0 Å². The van der Waals surface area contributed by atoms with E-state index in [9.17, 15) is 0 Å². The second kappa shape index (κ2) is 5.72. The van der Waals surface area contributed by atoms with E-state index in [1.165, 1.54) is 25.8 Å². The van der Waals surface area contributed by atoms with E-state index in [-0.39, 0.29) is 0 Å². The maximum Gasteiger partial charge on any atom is 0.00923 e. The number of hydrogen-bond donors (Lipinski definition) is 1. The number of rotatable bonds is 6. The molecule has 1 saturated carbocycles. The largest absolute Gasteiger partial charge is 0.314 e. The normalized spacial score (nSPS) is 20.1. The van der Waals surface area contributed by atoms with Crippen LogP contribution >= 0.6 is 0 Å². The zero-order valence-corrected chi connectivity index (χ0v) is 10.2. The van der Waals surface area contributed by atoms with Crippen molar-refractivity contribution >= 4 is 0 Å². The Morgan fingerprint density at radius 2 is 1.93 bits per heavy atom. The predicted molar refractivity (Wildman–Crippen MR) is 62.6 cm³/mol. The SMILES string of the molecule is CC(CNC(C)C)CN(C)C1CCC1. The van der Waals surface area contributed by atoms with E-state index in [2.05, 4.69) is 38.0 Å². The summed E-state index contributed by atoms with van der Waals surface area (Å²) in [5.41, 5.74) is 0. The highest BCUT2D eigenvalue weighted by Gasteiger charge is 2.22. The molecule has 14 heavy (non-hydrogen) atoms. The predicted octanol–water partition coefficient (Wildman–Crippen LogP) is 2.10. The van der Waals surface area contributed by atoms with Gasteiger partial charge in [0.25, 0.3) is 0 Å². The van der Waals surface area contributed by atoms with Crippen molar-refractivity contribution in [2.45, 2.75) is 52.1 Å². The maximum atomic E-state index is 3.50. The van der Waals surface area contributed by atoms with Gasteiger partial charge in [0, 0.05) is 18.6 Å². The van der Waals surface area contributed by atoms with Crippen molar-refractivity contribution in [3.63, 3.8) is 0 Å². The first kappa shape index (κ1) is 12.0. The average Bonchev–Trinajstić information content (AvgIpc) is 1.97. The Morgan fingerprint density at radius 1 is 1.29 bits per heavy atom. The van der Waals surface area contributed by atoms with Gasteiger partial charge in [0.15, 0.2) is 0 Å². The third-order valence-electron chi connectivity index (χ3n) is 3.17. The second-order valence-corrected chi connectivity index (χ2v) is 5.19. The van der Waals surface area contributed by atoms with Crippen LogP contribution in [0.15, 0.2) is 0 Å². The quantitative estimate of drug-likeness (QED) is 0.703. The zero-order valence-electron chi connectivity index (χ0n) is 10.2. The molecule has 1 unspecified atom stereocenters. The molecule has 0 heterocycles. The van der Waals surface area contributed by atoms with Gasteiger partial charge in [-0.05, 0) is 32.4 Å². The Labute approximate surface area is 89.1 Å². The Morgan fingerprint density at radius 3 is 2.36 bits per heavy atom. The molecule has 1 N–H and O–H groups in total. The van der Waals surface area contributed by atoms with E-state index in [1.807, 2.05) is 0 Å².